The number of hydrogen-bond acceptors (Lipinski definition) is 2. The van der Waals surface area contributed by atoms with Crippen molar-refractivity contribution in [1.82, 2.24) is 0 Å². The normalized spacial score (nSPS) is 15.3. The van der Waals surface area contributed by atoms with Crippen LogP contribution in [-0.2, 0) is 13.0 Å². The van der Waals surface area contributed by atoms with Crippen molar-refractivity contribution in [3.05, 3.63) is 58.9 Å². The molecule has 1 aliphatic heterocycles. The molecule has 0 amide bonds. The molecule has 0 atom stereocenters. The van der Waals surface area contributed by atoms with Gasteiger partial charge < -0.3 is 9.47 Å². The van der Waals surface area contributed by atoms with Gasteiger partial charge in [-0.1, -0.05) is 6.07 Å². The lowest BCUT2D eigenvalue weighted by atomic mass is 9.97. The van der Waals surface area contributed by atoms with Gasteiger partial charge in [0.05, 0.1) is 0 Å². The van der Waals surface area contributed by atoms with E-state index in [1.807, 2.05) is 13.8 Å². The minimum atomic E-state index is -0.787. The first-order valence-electron chi connectivity index (χ1n) is 6.93. The van der Waals surface area contributed by atoms with Crippen LogP contribution in [-0.4, -0.2) is 5.60 Å². The zero-order chi connectivity index (χ0) is 15.9. The van der Waals surface area contributed by atoms with Crippen molar-refractivity contribution in [2.45, 2.75) is 32.5 Å². The second-order valence-electron chi connectivity index (χ2n) is 5.92. The molecule has 2 aromatic carbocycles. The van der Waals surface area contributed by atoms with E-state index in [0.717, 1.165) is 17.7 Å². The summed E-state index contributed by atoms with van der Waals surface area (Å²) in [5.41, 5.74) is 0.903. The smallest absolute Gasteiger partial charge is 0.191 e. The maximum Gasteiger partial charge on any atom is 0.191 e. The maximum absolute atomic E-state index is 13.7. The molecule has 2 aromatic rings. The highest BCUT2D eigenvalue weighted by molar-refractivity contribution is 5.45. The van der Waals surface area contributed by atoms with Crippen LogP contribution >= 0.6 is 0 Å². The van der Waals surface area contributed by atoms with Crippen LogP contribution in [0.25, 0.3) is 0 Å². The summed E-state index contributed by atoms with van der Waals surface area (Å²) in [5, 5.41) is 0. The first kappa shape index (κ1) is 14.8. The van der Waals surface area contributed by atoms with Crippen LogP contribution in [0, 0.1) is 17.5 Å². The van der Waals surface area contributed by atoms with Crippen LogP contribution in [0.4, 0.5) is 13.2 Å². The fraction of sp³-hybridized carbons (Fsp3) is 0.294. The zero-order valence-corrected chi connectivity index (χ0v) is 12.3. The van der Waals surface area contributed by atoms with E-state index in [1.165, 1.54) is 18.2 Å². The van der Waals surface area contributed by atoms with Crippen molar-refractivity contribution in [2.24, 2.45) is 0 Å². The molecule has 0 bridgehead atoms. The number of rotatable bonds is 3. The van der Waals surface area contributed by atoms with Gasteiger partial charge >= 0.3 is 0 Å². The van der Waals surface area contributed by atoms with Gasteiger partial charge in [0, 0.05) is 18.1 Å². The van der Waals surface area contributed by atoms with Crippen molar-refractivity contribution in [2.75, 3.05) is 0 Å². The molecule has 0 saturated heterocycles. The van der Waals surface area contributed by atoms with Gasteiger partial charge in [0.2, 0.25) is 0 Å². The third-order valence-corrected chi connectivity index (χ3v) is 3.55. The Kier molecular flexibility index (Phi) is 3.51. The lowest BCUT2D eigenvalue weighted by Crippen LogP contribution is -2.24. The average molecular weight is 308 g/mol. The van der Waals surface area contributed by atoms with E-state index in [0.29, 0.717) is 17.7 Å². The highest BCUT2D eigenvalue weighted by Gasteiger charge is 2.32. The molecular formula is C17H15F3O2. The molecule has 0 aliphatic carbocycles. The SMILES string of the molecule is CC1(C)Cc2c(COc3c(F)cccc3F)cc(F)cc2O1. The van der Waals surface area contributed by atoms with E-state index >= 15 is 0 Å². The second-order valence-corrected chi connectivity index (χ2v) is 5.92. The van der Waals surface area contributed by atoms with Gasteiger partial charge in [-0.25, -0.2) is 13.2 Å². The average Bonchev–Trinajstić information content (AvgIpc) is 2.72. The summed E-state index contributed by atoms with van der Waals surface area (Å²) in [7, 11) is 0. The van der Waals surface area contributed by atoms with Crippen LogP contribution in [0.2, 0.25) is 0 Å². The Morgan fingerprint density at radius 2 is 1.82 bits per heavy atom. The molecule has 0 N–H and O–H groups in total. The molecule has 0 unspecified atom stereocenters. The number of halogens is 3. The van der Waals surface area contributed by atoms with Crippen LogP contribution in [0.1, 0.15) is 25.0 Å². The Hall–Kier alpha value is -2.17. The van der Waals surface area contributed by atoms with Crippen molar-refractivity contribution >= 4 is 0 Å². The minimum Gasteiger partial charge on any atom is -0.487 e. The summed E-state index contributed by atoms with van der Waals surface area (Å²) in [5.74, 6) is -2.05. The summed E-state index contributed by atoms with van der Waals surface area (Å²) in [4.78, 5) is 0. The summed E-state index contributed by atoms with van der Waals surface area (Å²) in [6.45, 7) is 3.66. The first-order chi connectivity index (χ1) is 10.4. The van der Waals surface area contributed by atoms with Gasteiger partial charge in [-0.15, -0.1) is 0 Å². The standard InChI is InChI=1S/C17H15F3O2/c1-17(2)8-12-10(6-11(18)7-15(12)22-17)9-21-16-13(19)4-3-5-14(16)20/h3-7H,8-9H2,1-2H3. The van der Waals surface area contributed by atoms with E-state index in [-0.39, 0.29) is 6.61 Å². The van der Waals surface area contributed by atoms with Gasteiger partial charge in [-0.2, -0.15) is 0 Å². The molecule has 22 heavy (non-hydrogen) atoms. The summed E-state index contributed by atoms with van der Waals surface area (Å²) in [6, 6.07) is 6.11. The third kappa shape index (κ3) is 2.75. The summed E-state index contributed by atoms with van der Waals surface area (Å²) in [6.07, 6.45) is 0.584. The van der Waals surface area contributed by atoms with Crippen molar-refractivity contribution in [1.29, 1.82) is 0 Å². The fourth-order valence-corrected chi connectivity index (χ4v) is 2.62. The molecule has 0 aromatic heterocycles. The molecule has 0 saturated carbocycles. The summed E-state index contributed by atoms with van der Waals surface area (Å²) < 4.78 is 51.7. The van der Waals surface area contributed by atoms with E-state index in [9.17, 15) is 13.2 Å². The predicted octanol–water partition coefficient (Wildman–Crippen LogP) is 4.40. The summed E-state index contributed by atoms with van der Waals surface area (Å²) >= 11 is 0. The molecule has 116 valence electrons. The highest BCUT2D eigenvalue weighted by atomic mass is 19.1. The van der Waals surface area contributed by atoms with Crippen LogP contribution in [0.15, 0.2) is 30.3 Å². The molecule has 0 radical (unpaired) electrons. The topological polar surface area (TPSA) is 18.5 Å². The van der Waals surface area contributed by atoms with Gasteiger partial charge in [0.25, 0.3) is 0 Å². The van der Waals surface area contributed by atoms with Crippen LogP contribution < -0.4 is 9.47 Å². The molecule has 0 fully saturated rings. The number of para-hydroxylation sites is 1. The largest absolute Gasteiger partial charge is 0.487 e. The van der Waals surface area contributed by atoms with Crippen LogP contribution in [0.3, 0.4) is 0 Å². The predicted molar refractivity (Wildman–Crippen MR) is 75.5 cm³/mol. The monoisotopic (exact) mass is 308 g/mol. The van der Waals surface area contributed by atoms with E-state index in [1.54, 1.807) is 0 Å². The lowest BCUT2D eigenvalue weighted by Gasteiger charge is -2.16. The third-order valence-electron chi connectivity index (χ3n) is 3.55. The quantitative estimate of drug-likeness (QED) is 0.837. The maximum atomic E-state index is 13.7. The molecule has 2 nitrogen and oxygen atoms in total. The number of benzene rings is 2. The number of ether oxygens (including phenoxy) is 2. The van der Waals surface area contributed by atoms with Crippen molar-refractivity contribution in [3.63, 3.8) is 0 Å². The van der Waals surface area contributed by atoms with Gasteiger partial charge in [-0.3, -0.25) is 0 Å². The Labute approximate surface area is 126 Å². The van der Waals surface area contributed by atoms with Gasteiger partial charge in [0.1, 0.15) is 23.8 Å². The Balaban J connectivity index is 1.88. The Morgan fingerprint density at radius 1 is 1.14 bits per heavy atom. The van der Waals surface area contributed by atoms with E-state index in [2.05, 4.69) is 0 Å². The molecular weight excluding hydrogens is 293 g/mol. The molecule has 0 spiro atoms. The van der Waals surface area contributed by atoms with Crippen molar-refractivity contribution in [3.8, 4) is 11.5 Å². The zero-order valence-electron chi connectivity index (χ0n) is 12.3. The molecule has 3 rings (SSSR count). The van der Waals surface area contributed by atoms with Gasteiger partial charge in [0.15, 0.2) is 17.4 Å². The highest BCUT2D eigenvalue weighted by Crippen LogP contribution is 2.38. The van der Waals surface area contributed by atoms with Gasteiger partial charge in [-0.05, 0) is 37.6 Å². The van der Waals surface area contributed by atoms with E-state index < -0.39 is 28.8 Å². The molecule has 5 heteroatoms. The van der Waals surface area contributed by atoms with Crippen molar-refractivity contribution < 1.29 is 22.6 Å². The molecule has 1 aliphatic rings. The Bertz CT molecular complexity index is 706. The minimum absolute atomic E-state index is 0.128. The number of fused-ring (bicyclic) bond motifs is 1. The van der Waals surface area contributed by atoms with E-state index in [4.69, 9.17) is 9.47 Å². The fourth-order valence-electron chi connectivity index (χ4n) is 2.62. The second kappa shape index (κ2) is 5.23. The lowest BCUT2D eigenvalue weighted by molar-refractivity contribution is 0.138. The molecule has 1 heterocycles. The van der Waals surface area contributed by atoms with Crippen LogP contribution in [0.5, 0.6) is 11.5 Å². The Morgan fingerprint density at radius 3 is 2.50 bits per heavy atom. The first-order valence-corrected chi connectivity index (χ1v) is 6.93. The number of hydrogen-bond donors (Lipinski definition) is 0.